The van der Waals surface area contributed by atoms with Crippen LogP contribution in [0.1, 0.15) is 25.0 Å². The van der Waals surface area contributed by atoms with E-state index in [9.17, 15) is 4.79 Å². The maximum atomic E-state index is 12.5. The Morgan fingerprint density at radius 2 is 1.96 bits per heavy atom. The number of anilines is 1. The molecule has 0 bridgehead atoms. The number of amides is 1. The summed E-state index contributed by atoms with van der Waals surface area (Å²) in [7, 11) is 3.51. The van der Waals surface area contributed by atoms with Gasteiger partial charge in [-0.05, 0) is 56.5 Å². The van der Waals surface area contributed by atoms with Gasteiger partial charge in [0.05, 0.1) is 12.8 Å². The number of carbonyl (C=O) groups excluding carboxylic acids is 1. The molecule has 1 saturated heterocycles. The van der Waals surface area contributed by atoms with Crippen LogP contribution in [0.3, 0.4) is 0 Å². The number of halogens is 1. The number of benzene rings is 1. The lowest BCUT2D eigenvalue weighted by molar-refractivity contribution is -0.117. The van der Waals surface area contributed by atoms with E-state index in [4.69, 9.17) is 4.74 Å². The number of hydrogen-bond acceptors (Lipinski definition) is 4. The van der Waals surface area contributed by atoms with Gasteiger partial charge in [0.15, 0.2) is 0 Å². The number of nitrogens with one attached hydrogen (secondary N) is 2. The van der Waals surface area contributed by atoms with Crippen molar-refractivity contribution < 1.29 is 9.53 Å². The van der Waals surface area contributed by atoms with Crippen molar-refractivity contribution in [2.45, 2.75) is 26.2 Å². The molecule has 142 valence electrons. The summed E-state index contributed by atoms with van der Waals surface area (Å²) in [6, 6.07) is 7.82. The molecule has 1 fully saturated rings. The molecule has 1 aromatic heterocycles. The normalized spacial score (nSPS) is 14.6. The Morgan fingerprint density at radius 3 is 2.58 bits per heavy atom. The fourth-order valence-electron chi connectivity index (χ4n) is 3.44. The molecule has 2 heterocycles. The SMILES string of the molecule is COc1ccc(-c2c(C)nn(C)c2NC(=O)CC2CCNCC2)cc1.Cl. The monoisotopic (exact) mass is 378 g/mol. The van der Waals surface area contributed by atoms with Crippen LogP contribution in [0.5, 0.6) is 5.75 Å². The number of aryl methyl sites for hydroxylation is 2. The molecule has 7 heteroatoms. The van der Waals surface area contributed by atoms with Gasteiger partial charge < -0.3 is 15.4 Å². The van der Waals surface area contributed by atoms with Gasteiger partial charge in [0.25, 0.3) is 0 Å². The summed E-state index contributed by atoms with van der Waals surface area (Å²) in [4.78, 5) is 12.5. The molecule has 3 rings (SSSR count). The molecule has 0 unspecified atom stereocenters. The Bertz CT molecular complexity index is 737. The summed E-state index contributed by atoms with van der Waals surface area (Å²) in [5.74, 6) is 2.08. The zero-order chi connectivity index (χ0) is 17.8. The van der Waals surface area contributed by atoms with Crippen LogP contribution < -0.4 is 15.4 Å². The zero-order valence-electron chi connectivity index (χ0n) is 15.5. The third-order valence-electron chi connectivity index (χ3n) is 4.79. The summed E-state index contributed by atoms with van der Waals surface area (Å²) in [5.41, 5.74) is 2.87. The highest BCUT2D eigenvalue weighted by molar-refractivity contribution is 5.95. The van der Waals surface area contributed by atoms with Crippen molar-refractivity contribution in [2.75, 3.05) is 25.5 Å². The van der Waals surface area contributed by atoms with Crippen LogP contribution >= 0.6 is 12.4 Å². The van der Waals surface area contributed by atoms with Crippen molar-refractivity contribution in [3.05, 3.63) is 30.0 Å². The van der Waals surface area contributed by atoms with Gasteiger partial charge in [0.2, 0.25) is 5.91 Å². The maximum absolute atomic E-state index is 12.5. The van der Waals surface area contributed by atoms with Crippen LogP contribution in [-0.4, -0.2) is 35.9 Å². The summed E-state index contributed by atoms with van der Waals surface area (Å²) in [6.45, 7) is 3.96. The minimum atomic E-state index is 0. The van der Waals surface area contributed by atoms with E-state index in [1.807, 2.05) is 38.2 Å². The van der Waals surface area contributed by atoms with E-state index in [0.29, 0.717) is 12.3 Å². The van der Waals surface area contributed by atoms with Crippen LogP contribution in [-0.2, 0) is 11.8 Å². The highest BCUT2D eigenvalue weighted by atomic mass is 35.5. The van der Waals surface area contributed by atoms with Gasteiger partial charge in [-0.2, -0.15) is 5.10 Å². The van der Waals surface area contributed by atoms with Crippen LogP contribution in [0.4, 0.5) is 5.82 Å². The number of nitrogens with zero attached hydrogens (tertiary/aromatic N) is 2. The van der Waals surface area contributed by atoms with E-state index in [1.165, 1.54) is 0 Å². The largest absolute Gasteiger partial charge is 0.497 e. The molecule has 0 spiro atoms. The predicted molar refractivity (Wildman–Crippen MR) is 106 cm³/mol. The van der Waals surface area contributed by atoms with Crippen molar-refractivity contribution in [3.63, 3.8) is 0 Å². The number of carbonyl (C=O) groups is 1. The number of rotatable bonds is 5. The topological polar surface area (TPSA) is 68.2 Å². The van der Waals surface area contributed by atoms with Crippen molar-refractivity contribution in [1.29, 1.82) is 0 Å². The lowest BCUT2D eigenvalue weighted by atomic mass is 9.94. The number of ether oxygens (including phenoxy) is 1. The first kappa shape index (κ1) is 20.3. The summed E-state index contributed by atoms with van der Waals surface area (Å²) < 4.78 is 6.97. The van der Waals surface area contributed by atoms with Gasteiger partial charge in [0, 0.05) is 19.0 Å². The zero-order valence-corrected chi connectivity index (χ0v) is 16.4. The van der Waals surface area contributed by atoms with Crippen molar-refractivity contribution in [3.8, 4) is 16.9 Å². The van der Waals surface area contributed by atoms with E-state index in [1.54, 1.807) is 11.8 Å². The second-order valence-corrected chi connectivity index (χ2v) is 6.61. The molecule has 6 nitrogen and oxygen atoms in total. The standard InChI is InChI=1S/C19H26N4O2.ClH/c1-13-18(15-4-6-16(25-3)7-5-15)19(23(2)22-13)21-17(24)12-14-8-10-20-11-9-14;/h4-7,14,20H,8-12H2,1-3H3,(H,21,24);1H. The Labute approximate surface area is 160 Å². The smallest absolute Gasteiger partial charge is 0.225 e. The molecule has 1 amide bonds. The maximum Gasteiger partial charge on any atom is 0.225 e. The van der Waals surface area contributed by atoms with E-state index in [-0.39, 0.29) is 18.3 Å². The average molecular weight is 379 g/mol. The highest BCUT2D eigenvalue weighted by Crippen LogP contribution is 2.32. The molecule has 0 saturated carbocycles. The predicted octanol–water partition coefficient (Wildman–Crippen LogP) is 3.15. The third kappa shape index (κ3) is 4.56. The summed E-state index contributed by atoms with van der Waals surface area (Å²) in [5, 5.41) is 10.9. The van der Waals surface area contributed by atoms with Gasteiger partial charge in [0.1, 0.15) is 11.6 Å². The molecule has 0 radical (unpaired) electrons. The molecular formula is C19H27ClN4O2. The number of hydrogen-bond donors (Lipinski definition) is 2. The van der Waals surface area contributed by atoms with Crippen LogP contribution in [0.15, 0.2) is 24.3 Å². The lowest BCUT2D eigenvalue weighted by Crippen LogP contribution is -2.30. The second kappa shape index (κ2) is 9.05. The quantitative estimate of drug-likeness (QED) is 0.838. The summed E-state index contributed by atoms with van der Waals surface area (Å²) >= 11 is 0. The fourth-order valence-corrected chi connectivity index (χ4v) is 3.44. The van der Waals surface area contributed by atoms with E-state index < -0.39 is 0 Å². The Morgan fingerprint density at radius 1 is 1.31 bits per heavy atom. The van der Waals surface area contributed by atoms with Gasteiger partial charge >= 0.3 is 0 Å². The first-order valence-corrected chi connectivity index (χ1v) is 8.77. The first-order valence-electron chi connectivity index (χ1n) is 8.77. The van der Waals surface area contributed by atoms with Gasteiger partial charge in [-0.3, -0.25) is 9.48 Å². The second-order valence-electron chi connectivity index (χ2n) is 6.61. The molecule has 1 aliphatic rings. The van der Waals surface area contributed by atoms with Crippen LogP contribution in [0, 0.1) is 12.8 Å². The Balaban J connectivity index is 0.00000243. The summed E-state index contributed by atoms with van der Waals surface area (Å²) in [6.07, 6.45) is 2.68. The molecule has 1 aromatic carbocycles. The molecule has 2 aromatic rings. The average Bonchev–Trinajstić information content (AvgIpc) is 2.89. The van der Waals surface area contributed by atoms with E-state index in [2.05, 4.69) is 15.7 Å². The molecule has 1 aliphatic heterocycles. The Kier molecular flexibility index (Phi) is 7.06. The third-order valence-corrected chi connectivity index (χ3v) is 4.79. The molecule has 0 atom stereocenters. The minimum absolute atomic E-state index is 0. The van der Waals surface area contributed by atoms with Crippen molar-refractivity contribution in [2.24, 2.45) is 13.0 Å². The number of methoxy groups -OCH3 is 1. The van der Waals surface area contributed by atoms with E-state index in [0.717, 1.165) is 54.3 Å². The molecule has 0 aliphatic carbocycles. The fraction of sp³-hybridized carbons (Fsp3) is 0.474. The van der Waals surface area contributed by atoms with Crippen LogP contribution in [0.2, 0.25) is 0 Å². The van der Waals surface area contributed by atoms with Gasteiger partial charge in [-0.1, -0.05) is 12.1 Å². The minimum Gasteiger partial charge on any atom is -0.497 e. The van der Waals surface area contributed by atoms with Crippen molar-refractivity contribution in [1.82, 2.24) is 15.1 Å². The lowest BCUT2D eigenvalue weighted by Gasteiger charge is -2.22. The van der Waals surface area contributed by atoms with Gasteiger partial charge in [-0.25, -0.2) is 0 Å². The molecule has 26 heavy (non-hydrogen) atoms. The molecule has 2 N–H and O–H groups in total. The number of piperidine rings is 1. The molecular weight excluding hydrogens is 352 g/mol. The van der Waals surface area contributed by atoms with E-state index >= 15 is 0 Å². The Hall–Kier alpha value is -2.05. The van der Waals surface area contributed by atoms with Gasteiger partial charge in [-0.15, -0.1) is 12.4 Å². The highest BCUT2D eigenvalue weighted by Gasteiger charge is 2.21. The number of aromatic nitrogens is 2. The van der Waals surface area contributed by atoms with Crippen LogP contribution in [0.25, 0.3) is 11.1 Å². The first-order chi connectivity index (χ1) is 12.1. The van der Waals surface area contributed by atoms with Crippen molar-refractivity contribution >= 4 is 24.1 Å².